The molecule has 0 saturated carbocycles. The Kier molecular flexibility index (Phi) is 4.92. The van der Waals surface area contributed by atoms with Crippen LogP contribution in [0.25, 0.3) is 0 Å². The summed E-state index contributed by atoms with van der Waals surface area (Å²) >= 11 is 0. The molecule has 1 aromatic carbocycles. The second kappa shape index (κ2) is 5.98. The zero-order valence-corrected chi connectivity index (χ0v) is 10.3. The minimum absolute atomic E-state index is 0.330. The maximum atomic E-state index is 12.2. The minimum Gasteiger partial charge on any atom is -0.329 e. The summed E-state index contributed by atoms with van der Waals surface area (Å²) in [6.07, 6.45) is 0.784. The molecule has 0 heterocycles. The second-order valence-corrected chi connectivity index (χ2v) is 5.44. The summed E-state index contributed by atoms with van der Waals surface area (Å²) in [4.78, 5) is 0.330. The van der Waals surface area contributed by atoms with E-state index in [1.165, 1.54) is 4.31 Å². The third-order valence-corrected chi connectivity index (χ3v) is 4.15. The first kappa shape index (κ1) is 13.2. The van der Waals surface area contributed by atoms with Gasteiger partial charge in [-0.05, 0) is 18.6 Å². The van der Waals surface area contributed by atoms with Gasteiger partial charge >= 0.3 is 0 Å². The molecule has 0 aromatic heterocycles. The average Bonchev–Trinajstić information content (AvgIpc) is 2.30. The molecular formula is C11H18N2O2S. The number of rotatable bonds is 6. The molecule has 0 aliphatic carbocycles. The topological polar surface area (TPSA) is 63.4 Å². The van der Waals surface area contributed by atoms with E-state index in [9.17, 15) is 8.42 Å². The molecule has 5 heteroatoms. The first-order valence-electron chi connectivity index (χ1n) is 5.38. The number of benzene rings is 1. The van der Waals surface area contributed by atoms with Gasteiger partial charge in [0, 0.05) is 19.6 Å². The van der Waals surface area contributed by atoms with Gasteiger partial charge in [0.25, 0.3) is 0 Å². The summed E-state index contributed by atoms with van der Waals surface area (Å²) in [7, 11) is -3.37. The summed E-state index contributed by atoms with van der Waals surface area (Å²) in [5.41, 5.74) is 5.43. The van der Waals surface area contributed by atoms with E-state index >= 15 is 0 Å². The molecule has 0 aliphatic heterocycles. The van der Waals surface area contributed by atoms with Crippen LogP contribution in [-0.2, 0) is 10.0 Å². The van der Waals surface area contributed by atoms with Crippen LogP contribution in [-0.4, -0.2) is 32.4 Å². The predicted molar refractivity (Wildman–Crippen MR) is 64.5 cm³/mol. The van der Waals surface area contributed by atoms with E-state index in [2.05, 4.69) is 0 Å². The van der Waals surface area contributed by atoms with Gasteiger partial charge in [-0.2, -0.15) is 4.31 Å². The van der Waals surface area contributed by atoms with Crippen molar-refractivity contribution in [3.63, 3.8) is 0 Å². The molecule has 0 saturated heterocycles. The van der Waals surface area contributed by atoms with Gasteiger partial charge in [0.2, 0.25) is 10.0 Å². The Morgan fingerprint density at radius 2 is 1.81 bits per heavy atom. The number of hydrogen-bond donors (Lipinski definition) is 1. The van der Waals surface area contributed by atoms with Crippen LogP contribution in [0.1, 0.15) is 13.3 Å². The highest BCUT2D eigenvalue weighted by molar-refractivity contribution is 7.89. The van der Waals surface area contributed by atoms with E-state index in [1.54, 1.807) is 30.3 Å². The van der Waals surface area contributed by atoms with Gasteiger partial charge in [-0.15, -0.1) is 0 Å². The maximum absolute atomic E-state index is 12.2. The second-order valence-electron chi connectivity index (χ2n) is 3.51. The van der Waals surface area contributed by atoms with Gasteiger partial charge in [-0.1, -0.05) is 25.1 Å². The largest absolute Gasteiger partial charge is 0.329 e. The van der Waals surface area contributed by atoms with Gasteiger partial charge < -0.3 is 5.73 Å². The summed E-state index contributed by atoms with van der Waals surface area (Å²) in [5, 5.41) is 0. The third kappa shape index (κ3) is 3.04. The normalized spacial score (nSPS) is 11.9. The lowest BCUT2D eigenvalue weighted by atomic mass is 10.4. The van der Waals surface area contributed by atoms with Crippen LogP contribution >= 0.6 is 0 Å². The lowest BCUT2D eigenvalue weighted by molar-refractivity contribution is 0.418. The van der Waals surface area contributed by atoms with Crippen LogP contribution in [0.4, 0.5) is 0 Å². The molecule has 16 heavy (non-hydrogen) atoms. The van der Waals surface area contributed by atoms with Crippen LogP contribution in [0.15, 0.2) is 35.2 Å². The van der Waals surface area contributed by atoms with Crippen LogP contribution in [0.5, 0.6) is 0 Å². The van der Waals surface area contributed by atoms with Crippen LogP contribution < -0.4 is 5.73 Å². The summed E-state index contributed by atoms with van der Waals surface area (Å²) in [6.45, 7) is 3.16. The molecule has 0 unspecified atom stereocenters. The molecule has 0 spiro atoms. The van der Waals surface area contributed by atoms with Crippen molar-refractivity contribution in [1.29, 1.82) is 0 Å². The van der Waals surface area contributed by atoms with E-state index in [0.29, 0.717) is 24.5 Å². The van der Waals surface area contributed by atoms with Crippen molar-refractivity contribution in [1.82, 2.24) is 4.31 Å². The van der Waals surface area contributed by atoms with Crippen LogP contribution in [0.3, 0.4) is 0 Å². The van der Waals surface area contributed by atoms with Crippen LogP contribution in [0.2, 0.25) is 0 Å². The van der Waals surface area contributed by atoms with Gasteiger partial charge in [0.1, 0.15) is 0 Å². The lowest BCUT2D eigenvalue weighted by Gasteiger charge is -2.20. The smallest absolute Gasteiger partial charge is 0.243 e. The molecule has 0 radical (unpaired) electrons. The predicted octanol–water partition coefficient (Wildman–Crippen LogP) is 1.05. The van der Waals surface area contributed by atoms with Crippen molar-refractivity contribution in [2.24, 2.45) is 5.73 Å². The molecule has 0 atom stereocenters. The van der Waals surface area contributed by atoms with Crippen molar-refractivity contribution in [3.8, 4) is 0 Å². The fourth-order valence-electron chi connectivity index (χ4n) is 1.49. The van der Waals surface area contributed by atoms with E-state index in [4.69, 9.17) is 5.73 Å². The fourth-order valence-corrected chi connectivity index (χ4v) is 3.06. The number of sulfonamides is 1. The molecule has 4 nitrogen and oxygen atoms in total. The third-order valence-electron chi connectivity index (χ3n) is 2.23. The Bertz CT molecular complexity index is 397. The molecule has 0 amide bonds. The molecule has 0 aliphatic rings. The Balaban J connectivity index is 2.98. The molecular weight excluding hydrogens is 224 g/mol. The minimum atomic E-state index is -3.37. The SMILES string of the molecule is CCCN(CCN)S(=O)(=O)c1ccccc1. The van der Waals surface area contributed by atoms with E-state index in [0.717, 1.165) is 6.42 Å². The summed E-state index contributed by atoms with van der Waals surface area (Å²) in [5.74, 6) is 0. The Hall–Kier alpha value is -0.910. The maximum Gasteiger partial charge on any atom is 0.243 e. The zero-order valence-electron chi connectivity index (χ0n) is 9.46. The van der Waals surface area contributed by atoms with Crippen LogP contribution in [0, 0.1) is 0 Å². The Morgan fingerprint density at radius 3 is 2.31 bits per heavy atom. The molecule has 0 fully saturated rings. The van der Waals surface area contributed by atoms with Crippen molar-refractivity contribution in [2.75, 3.05) is 19.6 Å². The van der Waals surface area contributed by atoms with Gasteiger partial charge in [0.05, 0.1) is 4.90 Å². The highest BCUT2D eigenvalue weighted by Crippen LogP contribution is 2.14. The fraction of sp³-hybridized carbons (Fsp3) is 0.455. The van der Waals surface area contributed by atoms with Crippen molar-refractivity contribution < 1.29 is 8.42 Å². The Morgan fingerprint density at radius 1 is 1.19 bits per heavy atom. The first-order valence-corrected chi connectivity index (χ1v) is 6.82. The number of nitrogens with zero attached hydrogens (tertiary/aromatic N) is 1. The van der Waals surface area contributed by atoms with Crippen molar-refractivity contribution in [3.05, 3.63) is 30.3 Å². The van der Waals surface area contributed by atoms with Gasteiger partial charge in [-0.25, -0.2) is 8.42 Å². The standard InChI is InChI=1S/C11H18N2O2S/c1-2-9-13(10-8-12)16(14,15)11-6-4-3-5-7-11/h3-7H,2,8-10,12H2,1H3. The Labute approximate surface area is 97.1 Å². The molecule has 1 aromatic rings. The van der Waals surface area contributed by atoms with E-state index < -0.39 is 10.0 Å². The number of hydrogen-bond acceptors (Lipinski definition) is 3. The van der Waals surface area contributed by atoms with E-state index in [-0.39, 0.29) is 0 Å². The van der Waals surface area contributed by atoms with Gasteiger partial charge in [-0.3, -0.25) is 0 Å². The first-order chi connectivity index (χ1) is 7.62. The zero-order chi connectivity index (χ0) is 12.0. The van der Waals surface area contributed by atoms with E-state index in [1.807, 2.05) is 6.92 Å². The molecule has 90 valence electrons. The number of nitrogens with two attached hydrogens (primary N) is 1. The molecule has 1 rings (SSSR count). The molecule has 2 N–H and O–H groups in total. The average molecular weight is 242 g/mol. The van der Waals surface area contributed by atoms with Crippen molar-refractivity contribution in [2.45, 2.75) is 18.2 Å². The highest BCUT2D eigenvalue weighted by Gasteiger charge is 2.22. The van der Waals surface area contributed by atoms with Crippen molar-refractivity contribution >= 4 is 10.0 Å². The summed E-state index contributed by atoms with van der Waals surface area (Å²) < 4.78 is 25.8. The monoisotopic (exact) mass is 242 g/mol. The van der Waals surface area contributed by atoms with Gasteiger partial charge in [0.15, 0.2) is 0 Å². The quantitative estimate of drug-likeness (QED) is 0.811. The summed E-state index contributed by atoms with van der Waals surface area (Å²) in [6, 6.07) is 8.45. The highest BCUT2D eigenvalue weighted by atomic mass is 32.2. The lowest BCUT2D eigenvalue weighted by Crippen LogP contribution is -2.35. The molecule has 0 bridgehead atoms.